The molecule has 0 saturated carbocycles. The zero-order chi connectivity index (χ0) is 15.2. The number of ether oxygens (including phenoxy) is 1. The molecule has 0 spiro atoms. The van der Waals surface area contributed by atoms with Crippen molar-refractivity contribution < 1.29 is 14.1 Å². The number of halogens is 1. The Kier molecular flexibility index (Phi) is 5.50. The van der Waals surface area contributed by atoms with Gasteiger partial charge < -0.3 is 9.26 Å². The van der Waals surface area contributed by atoms with Crippen LogP contribution in [0.3, 0.4) is 0 Å². The average Bonchev–Trinajstić information content (AvgIpc) is 2.95. The van der Waals surface area contributed by atoms with E-state index in [9.17, 15) is 4.79 Å². The summed E-state index contributed by atoms with van der Waals surface area (Å²) >= 11 is 3.38. The van der Waals surface area contributed by atoms with E-state index < -0.39 is 5.92 Å². The molecule has 0 amide bonds. The number of rotatable bonds is 6. The summed E-state index contributed by atoms with van der Waals surface area (Å²) in [7, 11) is 0. The fraction of sp³-hybridized carbons (Fsp3) is 0.400. The van der Waals surface area contributed by atoms with Crippen molar-refractivity contribution in [2.45, 2.75) is 32.6 Å². The summed E-state index contributed by atoms with van der Waals surface area (Å²) < 4.78 is 11.3. The van der Waals surface area contributed by atoms with E-state index >= 15 is 0 Å². The standard InChI is InChI=1S/C15H17BrN2O3/c1-3-5-12(15(19)20-4-2)14-17-13(18-21-14)10-6-8-11(16)9-7-10/h6-9,12H,3-5H2,1-2H3. The highest BCUT2D eigenvalue weighted by molar-refractivity contribution is 9.10. The monoisotopic (exact) mass is 352 g/mol. The fourth-order valence-electron chi connectivity index (χ4n) is 1.97. The quantitative estimate of drug-likeness (QED) is 0.736. The van der Waals surface area contributed by atoms with Gasteiger partial charge in [0.25, 0.3) is 0 Å². The van der Waals surface area contributed by atoms with Gasteiger partial charge in [-0.1, -0.05) is 34.4 Å². The molecular formula is C15H17BrN2O3. The first-order valence-electron chi connectivity index (χ1n) is 6.91. The van der Waals surface area contributed by atoms with E-state index in [0.717, 1.165) is 16.5 Å². The first kappa shape index (κ1) is 15.7. The summed E-state index contributed by atoms with van der Waals surface area (Å²) in [5.74, 6) is -0.0203. The molecule has 5 nitrogen and oxygen atoms in total. The molecule has 1 aromatic heterocycles. The van der Waals surface area contributed by atoms with Crippen molar-refractivity contribution in [1.82, 2.24) is 10.1 Å². The predicted molar refractivity (Wildman–Crippen MR) is 81.7 cm³/mol. The number of benzene rings is 1. The van der Waals surface area contributed by atoms with Gasteiger partial charge in [-0.2, -0.15) is 4.98 Å². The molecule has 0 fully saturated rings. The van der Waals surface area contributed by atoms with Crippen molar-refractivity contribution in [3.05, 3.63) is 34.6 Å². The van der Waals surface area contributed by atoms with Crippen LogP contribution in [0.4, 0.5) is 0 Å². The summed E-state index contributed by atoms with van der Waals surface area (Å²) in [5, 5.41) is 3.95. The minimum Gasteiger partial charge on any atom is -0.465 e. The van der Waals surface area contributed by atoms with E-state index in [1.807, 2.05) is 31.2 Å². The lowest BCUT2D eigenvalue weighted by Gasteiger charge is -2.09. The molecule has 0 bridgehead atoms. The molecule has 2 rings (SSSR count). The Balaban J connectivity index is 2.23. The summed E-state index contributed by atoms with van der Waals surface area (Å²) in [4.78, 5) is 16.3. The molecule has 21 heavy (non-hydrogen) atoms. The van der Waals surface area contributed by atoms with Gasteiger partial charge in [0.2, 0.25) is 11.7 Å². The largest absolute Gasteiger partial charge is 0.465 e. The van der Waals surface area contributed by atoms with Crippen molar-refractivity contribution >= 4 is 21.9 Å². The molecular weight excluding hydrogens is 336 g/mol. The number of carbonyl (C=O) groups excluding carboxylic acids is 1. The van der Waals surface area contributed by atoms with E-state index in [1.165, 1.54) is 0 Å². The van der Waals surface area contributed by atoms with Gasteiger partial charge in [0.15, 0.2) is 0 Å². The van der Waals surface area contributed by atoms with Crippen LogP contribution < -0.4 is 0 Å². The highest BCUT2D eigenvalue weighted by atomic mass is 79.9. The third-order valence-corrected chi connectivity index (χ3v) is 3.52. The van der Waals surface area contributed by atoms with Crippen LogP contribution >= 0.6 is 15.9 Å². The van der Waals surface area contributed by atoms with E-state index in [1.54, 1.807) is 6.92 Å². The molecule has 0 N–H and O–H groups in total. The number of esters is 1. The minimum atomic E-state index is -0.494. The minimum absolute atomic E-state index is 0.313. The second-order valence-electron chi connectivity index (χ2n) is 4.56. The molecule has 0 radical (unpaired) electrons. The van der Waals surface area contributed by atoms with Crippen LogP contribution in [-0.2, 0) is 9.53 Å². The number of hydrogen-bond acceptors (Lipinski definition) is 5. The third-order valence-electron chi connectivity index (χ3n) is 2.99. The topological polar surface area (TPSA) is 65.2 Å². The Labute approximate surface area is 131 Å². The maximum atomic E-state index is 12.0. The molecule has 6 heteroatoms. The van der Waals surface area contributed by atoms with Crippen molar-refractivity contribution in [1.29, 1.82) is 0 Å². The van der Waals surface area contributed by atoms with Crippen LogP contribution in [-0.4, -0.2) is 22.7 Å². The molecule has 0 saturated heterocycles. The lowest BCUT2D eigenvalue weighted by molar-refractivity contribution is -0.145. The van der Waals surface area contributed by atoms with Crippen LogP contribution in [0.1, 0.15) is 38.5 Å². The molecule has 1 unspecified atom stereocenters. The van der Waals surface area contributed by atoms with Crippen LogP contribution in [0, 0.1) is 0 Å². The maximum Gasteiger partial charge on any atom is 0.318 e. The number of aromatic nitrogens is 2. The summed E-state index contributed by atoms with van der Waals surface area (Å²) in [6.45, 7) is 4.12. The van der Waals surface area contributed by atoms with Crippen molar-refractivity contribution in [2.24, 2.45) is 0 Å². The van der Waals surface area contributed by atoms with Gasteiger partial charge >= 0.3 is 5.97 Å². The van der Waals surface area contributed by atoms with Crippen LogP contribution in [0.25, 0.3) is 11.4 Å². The summed E-state index contributed by atoms with van der Waals surface area (Å²) in [6.07, 6.45) is 1.46. The smallest absolute Gasteiger partial charge is 0.318 e. The lowest BCUT2D eigenvalue weighted by atomic mass is 10.0. The van der Waals surface area contributed by atoms with Gasteiger partial charge in [-0.15, -0.1) is 0 Å². The molecule has 0 aliphatic rings. The zero-order valence-corrected chi connectivity index (χ0v) is 13.6. The molecule has 1 heterocycles. The third kappa shape index (κ3) is 3.91. The van der Waals surface area contributed by atoms with Gasteiger partial charge in [0, 0.05) is 10.0 Å². The fourth-order valence-corrected chi connectivity index (χ4v) is 2.23. The first-order chi connectivity index (χ1) is 10.2. The highest BCUT2D eigenvalue weighted by Crippen LogP contribution is 2.25. The molecule has 112 valence electrons. The zero-order valence-electron chi connectivity index (χ0n) is 12.0. The molecule has 0 aliphatic heterocycles. The van der Waals surface area contributed by atoms with E-state index in [4.69, 9.17) is 9.26 Å². The predicted octanol–water partition coefficient (Wildman–Crippen LogP) is 3.95. The summed E-state index contributed by atoms with van der Waals surface area (Å²) in [5.41, 5.74) is 0.840. The van der Waals surface area contributed by atoms with Gasteiger partial charge in [0.1, 0.15) is 5.92 Å². The van der Waals surface area contributed by atoms with Crippen LogP contribution in [0.15, 0.2) is 33.3 Å². The van der Waals surface area contributed by atoms with Gasteiger partial charge in [-0.25, -0.2) is 0 Å². The molecule has 1 aromatic carbocycles. The Morgan fingerprint density at radius 2 is 2.05 bits per heavy atom. The normalized spacial score (nSPS) is 12.1. The van der Waals surface area contributed by atoms with Crippen LogP contribution in [0.5, 0.6) is 0 Å². The molecule has 0 aliphatic carbocycles. The van der Waals surface area contributed by atoms with E-state index in [0.29, 0.717) is 24.7 Å². The number of carbonyl (C=O) groups is 1. The van der Waals surface area contributed by atoms with Gasteiger partial charge in [0.05, 0.1) is 6.61 Å². The lowest BCUT2D eigenvalue weighted by Crippen LogP contribution is -2.16. The van der Waals surface area contributed by atoms with Crippen molar-refractivity contribution in [3.63, 3.8) is 0 Å². The van der Waals surface area contributed by atoms with Crippen molar-refractivity contribution in [2.75, 3.05) is 6.61 Å². The van der Waals surface area contributed by atoms with Gasteiger partial charge in [-0.05, 0) is 37.6 Å². The summed E-state index contributed by atoms with van der Waals surface area (Å²) in [6, 6.07) is 7.58. The first-order valence-corrected chi connectivity index (χ1v) is 7.71. The second-order valence-corrected chi connectivity index (χ2v) is 5.47. The van der Waals surface area contributed by atoms with Crippen molar-refractivity contribution in [3.8, 4) is 11.4 Å². The maximum absolute atomic E-state index is 12.0. The van der Waals surface area contributed by atoms with E-state index in [-0.39, 0.29) is 5.97 Å². The molecule has 1 atom stereocenters. The van der Waals surface area contributed by atoms with E-state index in [2.05, 4.69) is 26.1 Å². The Morgan fingerprint density at radius 3 is 2.67 bits per heavy atom. The second kappa shape index (κ2) is 7.36. The molecule has 2 aromatic rings. The average molecular weight is 353 g/mol. The number of nitrogens with zero attached hydrogens (tertiary/aromatic N) is 2. The van der Waals surface area contributed by atoms with Crippen LogP contribution in [0.2, 0.25) is 0 Å². The Hall–Kier alpha value is -1.69. The number of hydrogen-bond donors (Lipinski definition) is 0. The van der Waals surface area contributed by atoms with Gasteiger partial charge in [-0.3, -0.25) is 4.79 Å². The SMILES string of the molecule is CCCC(C(=O)OCC)c1nc(-c2ccc(Br)cc2)no1. The Bertz CT molecular complexity index is 595. The highest BCUT2D eigenvalue weighted by Gasteiger charge is 2.27. The Morgan fingerprint density at radius 1 is 1.33 bits per heavy atom.